The second kappa shape index (κ2) is 4.94. The number of amides is 1. The summed E-state index contributed by atoms with van der Waals surface area (Å²) in [5.74, 6) is 4.73. The van der Waals surface area contributed by atoms with Gasteiger partial charge in [0.2, 0.25) is 5.91 Å². The molecule has 1 aromatic rings. The predicted octanol–water partition coefficient (Wildman–Crippen LogP) is 1.64. The van der Waals surface area contributed by atoms with Crippen molar-refractivity contribution in [3.8, 4) is 5.75 Å². The second-order valence-electron chi connectivity index (χ2n) is 4.61. The summed E-state index contributed by atoms with van der Waals surface area (Å²) in [7, 11) is 1.41. The highest BCUT2D eigenvalue weighted by Gasteiger charge is 2.42. The van der Waals surface area contributed by atoms with Crippen LogP contribution in [0.4, 0.5) is 4.39 Å². The highest BCUT2D eigenvalue weighted by molar-refractivity contribution is 5.88. The average Bonchev–Trinajstić information content (AvgIpc) is 2.88. The maximum absolute atomic E-state index is 13.8. The fourth-order valence-corrected chi connectivity index (χ4v) is 2.73. The van der Waals surface area contributed by atoms with Gasteiger partial charge in [-0.1, -0.05) is 18.9 Å². The van der Waals surface area contributed by atoms with E-state index in [0.29, 0.717) is 18.4 Å². The third-order valence-electron chi connectivity index (χ3n) is 3.73. The maximum atomic E-state index is 13.8. The molecule has 1 aliphatic rings. The molecule has 2 rings (SSSR count). The van der Waals surface area contributed by atoms with Gasteiger partial charge in [-0.3, -0.25) is 10.2 Å². The summed E-state index contributed by atoms with van der Waals surface area (Å²) >= 11 is 0. The Morgan fingerprint density at radius 2 is 2.11 bits per heavy atom. The number of benzene rings is 1. The van der Waals surface area contributed by atoms with Gasteiger partial charge in [0.15, 0.2) is 11.6 Å². The zero-order valence-electron chi connectivity index (χ0n) is 10.3. The van der Waals surface area contributed by atoms with Crippen LogP contribution in [0.3, 0.4) is 0 Å². The molecule has 98 valence electrons. The lowest BCUT2D eigenvalue weighted by Gasteiger charge is -2.27. The van der Waals surface area contributed by atoms with Crippen molar-refractivity contribution in [2.24, 2.45) is 5.84 Å². The second-order valence-corrected chi connectivity index (χ2v) is 4.61. The Labute approximate surface area is 105 Å². The van der Waals surface area contributed by atoms with Gasteiger partial charge in [-0.25, -0.2) is 10.2 Å². The van der Waals surface area contributed by atoms with Gasteiger partial charge in [-0.15, -0.1) is 0 Å². The Hall–Kier alpha value is -1.62. The highest BCUT2D eigenvalue weighted by Crippen LogP contribution is 2.42. The van der Waals surface area contributed by atoms with Crippen LogP contribution in [0.15, 0.2) is 18.2 Å². The summed E-state index contributed by atoms with van der Waals surface area (Å²) in [5, 5.41) is 0. The monoisotopic (exact) mass is 252 g/mol. The van der Waals surface area contributed by atoms with Gasteiger partial charge in [-0.05, 0) is 30.5 Å². The molecule has 1 amide bonds. The molecule has 3 N–H and O–H groups in total. The molecule has 0 aliphatic heterocycles. The van der Waals surface area contributed by atoms with Gasteiger partial charge >= 0.3 is 0 Å². The molecule has 0 bridgehead atoms. The molecule has 1 aromatic carbocycles. The minimum atomic E-state index is -0.693. The first-order valence-electron chi connectivity index (χ1n) is 5.99. The van der Waals surface area contributed by atoms with E-state index in [1.165, 1.54) is 13.2 Å². The topological polar surface area (TPSA) is 64.3 Å². The molecule has 0 atom stereocenters. The number of carbonyl (C=O) groups is 1. The number of rotatable bonds is 3. The normalized spacial score (nSPS) is 17.5. The lowest BCUT2D eigenvalue weighted by atomic mass is 9.78. The Bertz CT molecular complexity index is 456. The van der Waals surface area contributed by atoms with E-state index in [9.17, 15) is 9.18 Å². The summed E-state index contributed by atoms with van der Waals surface area (Å²) in [5.41, 5.74) is 2.18. The molecule has 0 spiro atoms. The van der Waals surface area contributed by atoms with Gasteiger partial charge in [0, 0.05) is 0 Å². The molecular formula is C13H17FN2O2. The van der Waals surface area contributed by atoms with Crippen molar-refractivity contribution in [1.82, 2.24) is 5.43 Å². The average molecular weight is 252 g/mol. The summed E-state index contributed by atoms with van der Waals surface area (Å²) in [6.07, 6.45) is 3.28. The van der Waals surface area contributed by atoms with Crippen molar-refractivity contribution < 1.29 is 13.9 Å². The van der Waals surface area contributed by atoms with Gasteiger partial charge < -0.3 is 4.74 Å². The Balaban J connectivity index is 2.43. The van der Waals surface area contributed by atoms with Crippen molar-refractivity contribution in [3.63, 3.8) is 0 Å². The van der Waals surface area contributed by atoms with E-state index in [4.69, 9.17) is 10.6 Å². The lowest BCUT2D eigenvalue weighted by molar-refractivity contribution is -0.126. The predicted molar refractivity (Wildman–Crippen MR) is 65.4 cm³/mol. The van der Waals surface area contributed by atoms with Crippen LogP contribution in [0.2, 0.25) is 0 Å². The molecule has 0 unspecified atom stereocenters. The van der Waals surface area contributed by atoms with E-state index in [0.717, 1.165) is 12.8 Å². The first-order chi connectivity index (χ1) is 8.64. The molecule has 0 heterocycles. The third-order valence-corrected chi connectivity index (χ3v) is 3.73. The highest BCUT2D eigenvalue weighted by atomic mass is 19.1. The van der Waals surface area contributed by atoms with Crippen LogP contribution in [-0.4, -0.2) is 13.0 Å². The molecule has 5 heteroatoms. The molecule has 18 heavy (non-hydrogen) atoms. The number of halogens is 1. The number of ether oxygens (including phenoxy) is 1. The Morgan fingerprint density at radius 3 is 2.61 bits per heavy atom. The van der Waals surface area contributed by atoms with Crippen LogP contribution in [0.5, 0.6) is 5.75 Å². The Morgan fingerprint density at radius 1 is 1.44 bits per heavy atom. The van der Waals surface area contributed by atoms with Gasteiger partial charge in [-0.2, -0.15) is 0 Å². The first-order valence-corrected chi connectivity index (χ1v) is 5.99. The summed E-state index contributed by atoms with van der Waals surface area (Å²) < 4.78 is 18.6. The molecule has 1 fully saturated rings. The molecule has 4 nitrogen and oxygen atoms in total. The van der Waals surface area contributed by atoms with Gasteiger partial charge in [0.05, 0.1) is 12.5 Å². The SMILES string of the molecule is COc1ccc(C2(C(=O)NN)CCCC2)cc1F. The van der Waals surface area contributed by atoms with E-state index >= 15 is 0 Å². The van der Waals surface area contributed by atoms with E-state index < -0.39 is 11.2 Å². The standard InChI is InChI=1S/C13H17FN2O2/c1-18-11-5-4-9(8-10(11)14)13(12(17)16-15)6-2-3-7-13/h4-5,8H,2-3,6-7,15H2,1H3,(H,16,17). The van der Waals surface area contributed by atoms with Gasteiger partial charge in [0.1, 0.15) is 0 Å². The van der Waals surface area contributed by atoms with Crippen molar-refractivity contribution in [2.75, 3.05) is 7.11 Å². The fourth-order valence-electron chi connectivity index (χ4n) is 2.73. The number of methoxy groups -OCH3 is 1. The number of carbonyl (C=O) groups excluding carboxylic acids is 1. The number of nitrogens with one attached hydrogen (secondary N) is 1. The largest absolute Gasteiger partial charge is 0.494 e. The van der Waals surface area contributed by atoms with Crippen molar-refractivity contribution in [1.29, 1.82) is 0 Å². The third kappa shape index (κ3) is 1.95. The van der Waals surface area contributed by atoms with Crippen LogP contribution < -0.4 is 16.0 Å². The molecule has 1 saturated carbocycles. The number of hydrazine groups is 1. The van der Waals surface area contributed by atoms with E-state index in [-0.39, 0.29) is 11.7 Å². The molecule has 0 radical (unpaired) electrons. The van der Waals surface area contributed by atoms with Crippen LogP contribution in [0, 0.1) is 5.82 Å². The minimum absolute atomic E-state index is 0.181. The fraction of sp³-hybridized carbons (Fsp3) is 0.462. The van der Waals surface area contributed by atoms with E-state index in [2.05, 4.69) is 5.43 Å². The molecule has 0 aromatic heterocycles. The van der Waals surface area contributed by atoms with E-state index in [1.807, 2.05) is 0 Å². The smallest absolute Gasteiger partial charge is 0.244 e. The quantitative estimate of drug-likeness (QED) is 0.488. The number of hydrogen-bond donors (Lipinski definition) is 2. The lowest BCUT2D eigenvalue weighted by Crippen LogP contribution is -2.45. The number of nitrogens with two attached hydrogens (primary N) is 1. The van der Waals surface area contributed by atoms with Crippen LogP contribution in [0.25, 0.3) is 0 Å². The molecule has 0 saturated heterocycles. The van der Waals surface area contributed by atoms with Crippen molar-refractivity contribution >= 4 is 5.91 Å². The maximum Gasteiger partial charge on any atom is 0.244 e. The van der Waals surface area contributed by atoms with E-state index in [1.54, 1.807) is 12.1 Å². The minimum Gasteiger partial charge on any atom is -0.494 e. The molecule has 1 aliphatic carbocycles. The Kier molecular flexibility index (Phi) is 3.52. The zero-order valence-corrected chi connectivity index (χ0v) is 10.3. The number of hydrogen-bond acceptors (Lipinski definition) is 3. The first kappa shape index (κ1) is 12.8. The van der Waals surface area contributed by atoms with Crippen LogP contribution in [-0.2, 0) is 10.2 Å². The summed E-state index contributed by atoms with van der Waals surface area (Å²) in [6, 6.07) is 4.66. The molecular weight excluding hydrogens is 235 g/mol. The van der Waals surface area contributed by atoms with Crippen LogP contribution >= 0.6 is 0 Å². The zero-order chi connectivity index (χ0) is 13.2. The summed E-state index contributed by atoms with van der Waals surface area (Å²) in [4.78, 5) is 12.0. The van der Waals surface area contributed by atoms with Crippen molar-refractivity contribution in [3.05, 3.63) is 29.6 Å². The van der Waals surface area contributed by atoms with Crippen molar-refractivity contribution in [2.45, 2.75) is 31.1 Å². The van der Waals surface area contributed by atoms with Gasteiger partial charge in [0.25, 0.3) is 0 Å². The van der Waals surface area contributed by atoms with Crippen LogP contribution in [0.1, 0.15) is 31.2 Å². The summed E-state index contributed by atoms with van der Waals surface area (Å²) in [6.45, 7) is 0.